The molecule has 7 rings (SSSR count). The molecule has 127 heavy (non-hydrogen) atoms. The van der Waals surface area contributed by atoms with E-state index in [9.17, 15) is 87.2 Å². The topological polar surface area (TPSA) is 686 Å². The van der Waals surface area contributed by atoms with Gasteiger partial charge in [0.1, 0.15) is 72.5 Å². The number of aliphatic hydroxyl groups is 2. The van der Waals surface area contributed by atoms with Gasteiger partial charge in [-0.1, -0.05) is 108 Å². The predicted molar refractivity (Wildman–Crippen MR) is 466 cm³/mol. The Morgan fingerprint density at radius 1 is 0.480 bits per heavy atom. The van der Waals surface area contributed by atoms with E-state index >= 15 is 0 Å². The number of hydrogen-bond acceptors (Lipinski definition) is 21. The second kappa shape index (κ2) is 49.8. The van der Waals surface area contributed by atoms with Crippen molar-refractivity contribution in [3.05, 3.63) is 126 Å². The number of carbonyl (C=O) groups is 15. The zero-order valence-electron chi connectivity index (χ0n) is 72.1. The number of rotatable bonds is 51. The van der Waals surface area contributed by atoms with Crippen molar-refractivity contribution in [1.29, 1.82) is 10.8 Å². The van der Waals surface area contributed by atoms with Crippen LogP contribution in [0, 0.1) is 28.6 Å². The number of nitrogens with one attached hydrogen (secondary N) is 20. The van der Waals surface area contributed by atoms with E-state index in [4.69, 9.17) is 28.0 Å². The molecular formula is C84H121N25O18. The molecule has 1 aliphatic rings. The summed E-state index contributed by atoms with van der Waals surface area (Å²) < 4.78 is 0. The van der Waals surface area contributed by atoms with Crippen molar-refractivity contribution in [1.82, 2.24) is 105 Å². The van der Waals surface area contributed by atoms with Gasteiger partial charge in [0, 0.05) is 91.4 Å². The van der Waals surface area contributed by atoms with E-state index in [0.717, 1.165) is 10.9 Å². The van der Waals surface area contributed by atoms with Crippen LogP contribution in [0.25, 0.3) is 21.8 Å². The largest absolute Gasteiger partial charge is 0.480 e. The van der Waals surface area contributed by atoms with Crippen LogP contribution < -0.4 is 97.0 Å². The van der Waals surface area contributed by atoms with E-state index in [1.165, 1.54) is 24.3 Å². The zero-order chi connectivity index (χ0) is 93.1. The minimum Gasteiger partial charge on any atom is -0.480 e. The Labute approximate surface area is 733 Å². The normalized spacial score (nSPS) is 15.3. The molecule has 6 aromatic rings. The molecule has 43 heteroatoms. The molecule has 0 saturated carbocycles. The molecule has 0 bridgehead atoms. The summed E-state index contributed by atoms with van der Waals surface area (Å²) in [6.07, 6.45) is 5.98. The maximum Gasteiger partial charge on any atom is 0.328 e. The van der Waals surface area contributed by atoms with E-state index < -0.39 is 211 Å². The molecule has 29 N–H and O–H groups in total. The van der Waals surface area contributed by atoms with Gasteiger partial charge in [-0.25, -0.2) is 9.78 Å². The van der Waals surface area contributed by atoms with Crippen LogP contribution in [0.3, 0.4) is 0 Å². The number of carboxylic acid groups (broad SMARTS) is 1. The third-order valence-corrected chi connectivity index (χ3v) is 20.9. The average molecular weight is 1770 g/mol. The van der Waals surface area contributed by atoms with Crippen LogP contribution in [-0.2, 0) is 97.6 Å². The van der Waals surface area contributed by atoms with Crippen LogP contribution in [0.4, 0.5) is 0 Å². The minimum absolute atomic E-state index is 0.0262. The summed E-state index contributed by atoms with van der Waals surface area (Å²) in [7, 11) is 0. The van der Waals surface area contributed by atoms with Gasteiger partial charge in [-0.3, -0.25) is 77.9 Å². The van der Waals surface area contributed by atoms with Crippen molar-refractivity contribution in [2.45, 2.75) is 204 Å². The maximum absolute atomic E-state index is 14.9. The number of guanidine groups is 2. The second-order valence-corrected chi connectivity index (χ2v) is 32.4. The Kier molecular flexibility index (Phi) is 39.4. The molecule has 690 valence electrons. The highest BCUT2D eigenvalue weighted by molar-refractivity contribution is 6.01. The van der Waals surface area contributed by atoms with E-state index in [1.807, 2.05) is 32.0 Å². The molecule has 0 aliphatic carbocycles. The third-order valence-electron chi connectivity index (χ3n) is 20.9. The number of carboxylic acids is 1. The number of aliphatic hydroxyl groups excluding tert-OH is 2. The Balaban J connectivity index is 1.01. The number of H-pyrrole nitrogens is 3. The third kappa shape index (κ3) is 31.9. The van der Waals surface area contributed by atoms with Crippen LogP contribution in [0.15, 0.2) is 104 Å². The van der Waals surface area contributed by atoms with Crippen LogP contribution in [0.1, 0.15) is 122 Å². The molecular weight excluding hydrogens is 1650 g/mol. The van der Waals surface area contributed by atoms with Gasteiger partial charge in [0.2, 0.25) is 82.7 Å². The van der Waals surface area contributed by atoms with Crippen molar-refractivity contribution in [2.75, 3.05) is 45.9 Å². The van der Waals surface area contributed by atoms with Gasteiger partial charge < -0.3 is 132 Å². The first-order chi connectivity index (χ1) is 60.4. The van der Waals surface area contributed by atoms with Gasteiger partial charge in [0.15, 0.2) is 11.9 Å². The lowest BCUT2D eigenvalue weighted by molar-refractivity contribution is -0.143. The minimum atomic E-state index is -1.72. The molecule has 13 atom stereocenters. The fraction of sp³-hybridized carbons (Fsp3) is 0.500. The molecule has 1 aliphatic heterocycles. The highest BCUT2D eigenvalue weighted by Gasteiger charge is 2.42. The fourth-order valence-electron chi connectivity index (χ4n) is 14.3. The molecule has 0 unspecified atom stereocenters. The average Bonchev–Trinajstić information content (AvgIpc) is 1.79. The number of nitrogens with two attached hydrogens (primary N) is 3. The van der Waals surface area contributed by atoms with Crippen molar-refractivity contribution < 1.29 is 87.2 Å². The van der Waals surface area contributed by atoms with Crippen LogP contribution in [-0.4, -0.2) is 265 Å². The SMILES string of the molecule is CC(C)C[C@H](NC(=O)[C@@H]1CCCN1C(=O)[C@H](Cc1c[nH]c2ccccc12)NC(=O)[C@H](CO)NC(=O)[C@@H](N)CC(C)C)C(=O)N[C@@H](Cc1cnc[nH]1)C(=O)N[C@@H](C)C(=O)NCC(=O)N[C@@H](CCCNC(=N)N)C(=O)NCC(=O)N[C@@H](Cc1ccccc1)C(=O)N[C@@H](CCCNC(=N)N)C(=O)N[C@@H](Cc1c[nH]c2ccccc12)C(=O)N[C@H](C(=O)N[C@@H](CO)C(=O)O)C(C)C. The number of fused-ring (bicyclic) bond motifs is 2. The monoisotopic (exact) mass is 1770 g/mol. The fourth-order valence-corrected chi connectivity index (χ4v) is 14.3. The number of likely N-dealkylation sites (tertiary alicyclic amines) is 1. The van der Waals surface area contributed by atoms with Gasteiger partial charge in [-0.05, 0) is 105 Å². The lowest BCUT2D eigenvalue weighted by Crippen LogP contribution is -2.60. The van der Waals surface area contributed by atoms with Crippen LogP contribution in [0.5, 0.6) is 0 Å². The number of aromatic nitrogens is 4. The van der Waals surface area contributed by atoms with Crippen molar-refractivity contribution in [3.63, 3.8) is 0 Å². The zero-order valence-corrected chi connectivity index (χ0v) is 72.1. The summed E-state index contributed by atoms with van der Waals surface area (Å²) in [6, 6.07) is 4.47. The summed E-state index contributed by atoms with van der Waals surface area (Å²) >= 11 is 0. The summed E-state index contributed by atoms with van der Waals surface area (Å²) in [4.78, 5) is 225. The van der Waals surface area contributed by atoms with E-state index in [0.29, 0.717) is 39.7 Å². The number of amides is 14. The molecule has 3 aromatic carbocycles. The van der Waals surface area contributed by atoms with E-state index in [-0.39, 0.29) is 102 Å². The first-order valence-electron chi connectivity index (χ1n) is 42.1. The smallest absolute Gasteiger partial charge is 0.328 e. The summed E-state index contributed by atoms with van der Waals surface area (Å²) in [6.45, 7) is 8.46. The lowest BCUT2D eigenvalue weighted by Gasteiger charge is -2.31. The molecule has 1 saturated heterocycles. The predicted octanol–water partition coefficient (Wildman–Crippen LogP) is -4.11. The van der Waals surface area contributed by atoms with Gasteiger partial charge in [0.25, 0.3) is 0 Å². The number of carbonyl (C=O) groups excluding carboxylic acids is 14. The molecule has 3 aromatic heterocycles. The van der Waals surface area contributed by atoms with Crippen molar-refractivity contribution in [3.8, 4) is 0 Å². The van der Waals surface area contributed by atoms with Crippen LogP contribution in [0.2, 0.25) is 0 Å². The van der Waals surface area contributed by atoms with Crippen molar-refractivity contribution in [2.24, 2.45) is 35.0 Å². The first kappa shape index (κ1) is 101. The van der Waals surface area contributed by atoms with E-state index in [2.05, 4.69) is 99.7 Å². The number of nitrogens with zero attached hydrogens (tertiary/aromatic N) is 2. The molecule has 14 amide bonds. The highest BCUT2D eigenvalue weighted by atomic mass is 16.4. The molecule has 43 nitrogen and oxygen atoms in total. The maximum atomic E-state index is 14.9. The Morgan fingerprint density at radius 3 is 1.49 bits per heavy atom. The van der Waals surface area contributed by atoms with Crippen LogP contribution >= 0.6 is 0 Å². The molecule has 0 radical (unpaired) electrons. The lowest BCUT2D eigenvalue weighted by atomic mass is 9.99. The first-order valence-corrected chi connectivity index (χ1v) is 42.1. The van der Waals surface area contributed by atoms with Gasteiger partial charge >= 0.3 is 5.97 Å². The summed E-state index contributed by atoms with van der Waals surface area (Å²) in [5.74, 6) is -15.3. The Bertz CT molecular complexity index is 4790. The number of para-hydroxylation sites is 2. The van der Waals surface area contributed by atoms with Gasteiger partial charge in [0.05, 0.1) is 38.7 Å². The number of benzene rings is 3. The molecule has 4 heterocycles. The number of hydrogen-bond donors (Lipinski definition) is 26. The Morgan fingerprint density at radius 2 is 0.945 bits per heavy atom. The van der Waals surface area contributed by atoms with Gasteiger partial charge in [-0.2, -0.15) is 0 Å². The quantitative estimate of drug-likeness (QED) is 0.00980. The second-order valence-electron chi connectivity index (χ2n) is 32.4. The van der Waals surface area contributed by atoms with Crippen molar-refractivity contribution >= 4 is 122 Å². The number of aromatic amines is 3. The molecule has 1 fully saturated rings. The standard InChI is InChI=1S/C84H121N25O18/c1-44(2)30-54(85)71(115)106-64(41-110)78(122)105-63(34-50-37-94-56-23-14-12-21-53(50)56)81(125)109-29-17-26-66(109)79(123)104-59(31-45(3)4)75(119)103-62(35-51-38-90-43-97-51)74(118)98-47(7)70(114)95-39-67(112)99-57(24-15-27-91-83(86)87)72(116)96-40-68(113)100-60(32-48-18-9-8-10-19-48)76(120)101-58(25-16-28-92-84(88)89)73(117)102-61(33-49-36-93-55-22-13-11-20-52(49)55)77(121)108-69(46(5)6)80(124)107-65(42-111)82(126)127/h8-14,18-23,36-38,43-47,54,57-66,69,93-94,110-111H,15-17,24-35,39-42,85H2,1-7H3,(H,90,97)(H,95,114)(H,96,116)(H,98,118)(H,99,112)(H,100,113)(H,101,120)(H,102,117)(H,103,119)(H,104,123)(H,105,122)(H,106,115)(H,107,124)(H,108,121)(H,126,127)(H4,86,87,91)(H4,88,89,92)/t47-,54-,57-,58-,59-,60-,61-,62-,63-,64-,65-,66-,69-/m0/s1. The summed E-state index contributed by atoms with van der Waals surface area (Å²) in [5, 5.41) is 85.0. The highest BCUT2D eigenvalue weighted by Crippen LogP contribution is 2.25. The Hall–Kier alpha value is -13.6. The number of imidazole rings is 1. The van der Waals surface area contributed by atoms with Gasteiger partial charge in [-0.15, -0.1) is 0 Å². The number of aliphatic carboxylic acids is 1. The molecule has 0 spiro atoms. The van der Waals surface area contributed by atoms with E-state index in [1.54, 1.807) is 101 Å². The summed E-state index contributed by atoms with van der Waals surface area (Å²) in [5.41, 5.74) is 20.7.